The van der Waals surface area contributed by atoms with Gasteiger partial charge >= 0.3 is 10.2 Å². The molecule has 2 aromatic rings. The predicted octanol–water partition coefficient (Wildman–Crippen LogP) is 4.26. The molecule has 36 heavy (non-hydrogen) atoms. The van der Waals surface area contributed by atoms with Gasteiger partial charge in [0.25, 0.3) is 0 Å². The Morgan fingerprint density at radius 3 is 2.17 bits per heavy atom. The summed E-state index contributed by atoms with van der Waals surface area (Å²) in [5, 5.41) is 5.65. The van der Waals surface area contributed by atoms with Crippen LogP contribution >= 0.6 is 0 Å². The summed E-state index contributed by atoms with van der Waals surface area (Å²) < 4.78 is 58.3. The number of aromatic nitrogens is 2. The van der Waals surface area contributed by atoms with Gasteiger partial charge < -0.3 is 4.57 Å². The van der Waals surface area contributed by atoms with Crippen LogP contribution in [-0.2, 0) is 39.6 Å². The van der Waals surface area contributed by atoms with Crippen molar-refractivity contribution in [2.75, 3.05) is 13.1 Å². The molecule has 5 rings (SSSR count). The second-order valence-electron chi connectivity index (χ2n) is 11.0. The summed E-state index contributed by atoms with van der Waals surface area (Å²) in [6, 6.07) is 1.70. The maximum absolute atomic E-state index is 13.9. The van der Waals surface area contributed by atoms with Crippen molar-refractivity contribution in [3.05, 3.63) is 28.7 Å². The molecule has 1 aliphatic heterocycles. The Hall–Kier alpha value is -1.62. The zero-order chi connectivity index (χ0) is 25.7. The van der Waals surface area contributed by atoms with Crippen LogP contribution in [-0.4, -0.2) is 42.8 Å². The summed E-state index contributed by atoms with van der Waals surface area (Å²) in [4.78, 5) is 0.143. The number of hydrogen-bond donors (Lipinski definition) is 1. The highest BCUT2D eigenvalue weighted by Gasteiger charge is 2.35. The average Bonchev–Trinajstić information content (AvgIpc) is 3.33. The fourth-order valence-corrected chi connectivity index (χ4v) is 9.41. The zero-order valence-corrected chi connectivity index (χ0v) is 23.3. The summed E-state index contributed by atoms with van der Waals surface area (Å²) in [7, 11) is -7.61. The van der Waals surface area contributed by atoms with Crippen LogP contribution in [0, 0.1) is 19.8 Å². The van der Waals surface area contributed by atoms with Gasteiger partial charge in [0.15, 0.2) is 0 Å². The second kappa shape index (κ2) is 9.93. The predicted molar refractivity (Wildman–Crippen MR) is 142 cm³/mol. The standard InChI is InChI=1S/C26H40N4O4S2/c1-19-25(35(27,31)32)17-24(29(19)18-21-11-5-3-6-12-21)26-20(2)30(23-14-8-7-13-22(23)26)36(33,34)28-15-9-4-10-16-28/h17,21H,3-16,18H2,1-2H3,(H2,27,31,32). The number of nitrogens with two attached hydrogens (primary N) is 1. The van der Waals surface area contributed by atoms with Gasteiger partial charge in [-0.25, -0.2) is 17.5 Å². The van der Waals surface area contributed by atoms with E-state index in [9.17, 15) is 16.8 Å². The molecule has 2 N–H and O–H groups in total. The smallest absolute Gasteiger partial charge is 0.307 e. The first kappa shape index (κ1) is 26.0. The van der Waals surface area contributed by atoms with Crippen molar-refractivity contribution < 1.29 is 16.8 Å². The summed E-state index contributed by atoms with van der Waals surface area (Å²) >= 11 is 0. The first-order valence-electron chi connectivity index (χ1n) is 13.6. The van der Waals surface area contributed by atoms with E-state index in [1.54, 1.807) is 14.3 Å². The van der Waals surface area contributed by atoms with E-state index in [0.29, 0.717) is 36.8 Å². The van der Waals surface area contributed by atoms with Crippen molar-refractivity contribution in [1.29, 1.82) is 0 Å². The minimum Gasteiger partial charge on any atom is -0.343 e. The molecule has 0 radical (unpaired) electrons. The summed E-state index contributed by atoms with van der Waals surface area (Å²) in [6.45, 7) is 5.55. The number of hydrogen-bond acceptors (Lipinski definition) is 4. The third-order valence-corrected chi connectivity index (χ3v) is 11.6. The van der Waals surface area contributed by atoms with Gasteiger partial charge in [-0.3, -0.25) is 0 Å². The third kappa shape index (κ3) is 4.59. The van der Waals surface area contributed by atoms with Gasteiger partial charge in [0, 0.05) is 42.3 Å². The minimum atomic E-state index is -3.91. The van der Waals surface area contributed by atoms with E-state index in [-0.39, 0.29) is 4.90 Å². The quantitative estimate of drug-likeness (QED) is 0.595. The van der Waals surface area contributed by atoms with E-state index >= 15 is 0 Å². The number of sulfonamides is 1. The summed E-state index contributed by atoms with van der Waals surface area (Å²) in [5.41, 5.74) is 4.95. The van der Waals surface area contributed by atoms with E-state index in [1.807, 2.05) is 13.8 Å². The molecule has 3 heterocycles. The normalized spacial score (nSPS) is 20.5. The highest BCUT2D eigenvalue weighted by Crippen LogP contribution is 2.41. The van der Waals surface area contributed by atoms with Crippen LogP contribution in [0.1, 0.15) is 86.9 Å². The van der Waals surface area contributed by atoms with Gasteiger partial charge in [-0.05, 0) is 82.8 Å². The molecule has 0 aromatic carbocycles. The van der Waals surface area contributed by atoms with Crippen LogP contribution in [0.3, 0.4) is 0 Å². The Kier molecular flexibility index (Phi) is 7.17. The largest absolute Gasteiger partial charge is 0.343 e. The Bertz CT molecular complexity index is 1340. The number of fused-ring (bicyclic) bond motifs is 1. The highest BCUT2D eigenvalue weighted by atomic mass is 32.2. The van der Waals surface area contributed by atoms with Gasteiger partial charge in [-0.2, -0.15) is 12.7 Å². The lowest BCUT2D eigenvalue weighted by atomic mass is 9.89. The maximum atomic E-state index is 13.9. The SMILES string of the molecule is Cc1c(S(N)(=O)=O)cc(-c2c3c(n(S(=O)(=O)N4CCCCC4)c2C)CCCC3)n1CC1CCCCC1. The van der Waals surface area contributed by atoms with Gasteiger partial charge in [0.1, 0.15) is 4.90 Å². The van der Waals surface area contributed by atoms with Crippen molar-refractivity contribution in [2.24, 2.45) is 11.1 Å². The van der Waals surface area contributed by atoms with Crippen LogP contribution < -0.4 is 5.14 Å². The molecule has 3 aliphatic rings. The second-order valence-corrected chi connectivity index (χ2v) is 14.3. The van der Waals surface area contributed by atoms with E-state index in [2.05, 4.69) is 4.57 Å². The molecular weight excluding hydrogens is 496 g/mol. The van der Waals surface area contributed by atoms with E-state index in [0.717, 1.165) is 80.4 Å². The fraction of sp³-hybridized carbons (Fsp3) is 0.692. The molecule has 8 nitrogen and oxygen atoms in total. The number of primary sulfonamides is 1. The lowest BCUT2D eigenvalue weighted by Gasteiger charge is -2.28. The van der Waals surface area contributed by atoms with Crippen molar-refractivity contribution in [1.82, 2.24) is 12.8 Å². The molecule has 1 saturated heterocycles. The molecule has 200 valence electrons. The molecule has 10 heteroatoms. The molecule has 0 spiro atoms. The topological polar surface area (TPSA) is 107 Å². The molecular formula is C26H40N4O4S2. The molecule has 2 aliphatic carbocycles. The number of nitrogens with zero attached hydrogens (tertiary/aromatic N) is 3. The van der Waals surface area contributed by atoms with E-state index < -0.39 is 20.2 Å². The van der Waals surface area contributed by atoms with E-state index in [4.69, 9.17) is 5.14 Å². The van der Waals surface area contributed by atoms with E-state index in [1.165, 1.54) is 19.3 Å². The Labute approximate surface area is 216 Å². The van der Waals surface area contributed by atoms with Crippen molar-refractivity contribution in [3.8, 4) is 11.3 Å². The molecule has 2 fully saturated rings. The monoisotopic (exact) mass is 536 g/mol. The highest BCUT2D eigenvalue weighted by molar-refractivity contribution is 7.89. The third-order valence-electron chi connectivity index (χ3n) is 8.57. The molecule has 1 saturated carbocycles. The number of piperidine rings is 1. The molecule has 2 aromatic heterocycles. The Morgan fingerprint density at radius 2 is 1.50 bits per heavy atom. The average molecular weight is 537 g/mol. The fourth-order valence-electron chi connectivity index (χ4n) is 6.75. The molecule has 0 atom stereocenters. The van der Waals surface area contributed by atoms with Crippen LogP contribution in [0.2, 0.25) is 0 Å². The van der Waals surface area contributed by atoms with Crippen LogP contribution in [0.15, 0.2) is 11.0 Å². The van der Waals surface area contributed by atoms with Crippen molar-refractivity contribution in [3.63, 3.8) is 0 Å². The van der Waals surface area contributed by atoms with Crippen molar-refractivity contribution >= 4 is 20.2 Å². The zero-order valence-electron chi connectivity index (χ0n) is 21.6. The number of rotatable bonds is 6. The minimum absolute atomic E-state index is 0.143. The summed E-state index contributed by atoms with van der Waals surface area (Å²) in [6.07, 6.45) is 12.2. The van der Waals surface area contributed by atoms with Crippen LogP contribution in [0.25, 0.3) is 11.3 Å². The van der Waals surface area contributed by atoms with Gasteiger partial charge in [0.05, 0.1) is 5.69 Å². The molecule has 0 amide bonds. The lowest BCUT2D eigenvalue weighted by molar-refractivity contribution is 0.318. The van der Waals surface area contributed by atoms with Crippen LogP contribution in [0.5, 0.6) is 0 Å². The molecule has 0 unspecified atom stereocenters. The van der Waals surface area contributed by atoms with Crippen molar-refractivity contribution in [2.45, 2.75) is 102 Å². The first-order chi connectivity index (χ1) is 17.1. The van der Waals surface area contributed by atoms with Crippen LogP contribution in [0.4, 0.5) is 0 Å². The Balaban J connectivity index is 1.70. The van der Waals surface area contributed by atoms with Gasteiger partial charge in [-0.15, -0.1) is 0 Å². The summed E-state index contributed by atoms with van der Waals surface area (Å²) in [5.74, 6) is 0.479. The van der Waals surface area contributed by atoms with Gasteiger partial charge in [0.2, 0.25) is 10.0 Å². The van der Waals surface area contributed by atoms with Gasteiger partial charge in [-0.1, -0.05) is 25.7 Å². The molecule has 0 bridgehead atoms. The Morgan fingerprint density at radius 1 is 0.861 bits per heavy atom. The lowest BCUT2D eigenvalue weighted by Crippen LogP contribution is -2.40. The first-order valence-corrected chi connectivity index (χ1v) is 16.5. The maximum Gasteiger partial charge on any atom is 0.307 e.